The summed E-state index contributed by atoms with van der Waals surface area (Å²) in [6.07, 6.45) is 0. The van der Waals surface area contributed by atoms with Gasteiger partial charge in [-0.05, 0) is 36.4 Å². The van der Waals surface area contributed by atoms with Crippen molar-refractivity contribution < 1.29 is 23.6 Å². The Morgan fingerprint density at radius 2 is 1.21 bits per heavy atom. The molecular formula is C23H27BNO4+. The van der Waals surface area contributed by atoms with Crippen molar-refractivity contribution in [2.24, 2.45) is 0 Å². The largest absolute Gasteiger partial charge is 0.864 e. The van der Waals surface area contributed by atoms with Crippen LogP contribution in [0.2, 0.25) is 0 Å². The van der Waals surface area contributed by atoms with Gasteiger partial charge in [-0.3, -0.25) is 0 Å². The number of hydrogen-bond acceptors (Lipinski definition) is 4. The van der Waals surface area contributed by atoms with Crippen LogP contribution in [0.4, 0.5) is 0 Å². The number of aliphatic hydroxyl groups is 1. The lowest BCUT2D eigenvalue weighted by Gasteiger charge is -2.34. The average molecular weight is 392 g/mol. The van der Waals surface area contributed by atoms with Crippen LogP contribution in [0, 0.1) is 0 Å². The highest BCUT2D eigenvalue weighted by Crippen LogP contribution is 2.31. The minimum atomic E-state index is -0.993. The number of benzene rings is 3. The van der Waals surface area contributed by atoms with Gasteiger partial charge in [-0.25, -0.2) is 0 Å². The van der Waals surface area contributed by atoms with Gasteiger partial charge in [0.05, 0.1) is 33.3 Å². The molecule has 150 valence electrons. The number of nitrogens with zero attached hydrogens (tertiary/aromatic N) is 1. The molecule has 0 radical (unpaired) electrons. The Hall–Kier alpha value is -2.96. The van der Waals surface area contributed by atoms with Crippen LogP contribution in [-0.2, 0) is 0 Å². The van der Waals surface area contributed by atoms with Gasteiger partial charge in [0, 0.05) is 0 Å². The Labute approximate surface area is 172 Å². The zero-order valence-corrected chi connectivity index (χ0v) is 17.1. The molecular weight excluding hydrogens is 365 g/mol. The molecule has 0 aliphatic heterocycles. The third-order valence-electron chi connectivity index (χ3n) is 4.56. The van der Waals surface area contributed by atoms with Gasteiger partial charge >= 0.3 is 7.32 Å². The molecule has 1 atom stereocenters. The van der Waals surface area contributed by atoms with Gasteiger partial charge in [0.2, 0.25) is 0 Å². The lowest BCUT2D eigenvalue weighted by molar-refractivity contribution is -0.902. The van der Waals surface area contributed by atoms with Crippen molar-refractivity contribution in [2.45, 2.75) is 6.04 Å². The summed E-state index contributed by atoms with van der Waals surface area (Å²) in [6.45, 7) is -0.00632. The molecule has 3 aromatic carbocycles. The zero-order chi connectivity index (χ0) is 20.7. The van der Waals surface area contributed by atoms with Gasteiger partial charge in [0.1, 0.15) is 23.3 Å². The first-order chi connectivity index (χ1) is 14.0. The molecule has 3 aromatic rings. The normalized spacial score (nSPS) is 12.1. The fourth-order valence-corrected chi connectivity index (χ4v) is 3.02. The maximum atomic E-state index is 10.0. The molecule has 0 spiro atoms. The topological polar surface area (TPSA) is 47.9 Å². The van der Waals surface area contributed by atoms with Gasteiger partial charge in [0.25, 0.3) is 0 Å². The van der Waals surface area contributed by atoms with Crippen LogP contribution < -0.4 is 14.0 Å². The maximum Gasteiger partial charge on any atom is 0.864 e. The highest BCUT2D eigenvalue weighted by molar-refractivity contribution is 6.39. The summed E-state index contributed by atoms with van der Waals surface area (Å²) in [4.78, 5) is 0. The Kier molecular flexibility index (Phi) is 6.80. The van der Waals surface area contributed by atoms with E-state index in [1.165, 1.54) is 0 Å². The SMILES string of the molecule is C[N+](C)(C)[C@@H](CO)c1ccccc1OB(Oc1ccccc1)Oc1ccccc1. The highest BCUT2D eigenvalue weighted by Gasteiger charge is 2.34. The molecule has 5 nitrogen and oxygen atoms in total. The second-order valence-corrected chi connectivity index (χ2v) is 7.62. The summed E-state index contributed by atoms with van der Waals surface area (Å²) in [7, 11) is 5.12. The fourth-order valence-electron chi connectivity index (χ4n) is 3.02. The number of para-hydroxylation sites is 3. The van der Waals surface area contributed by atoms with Gasteiger partial charge in [0.15, 0.2) is 0 Å². The predicted octanol–water partition coefficient (Wildman–Crippen LogP) is 3.95. The molecule has 0 amide bonds. The first-order valence-electron chi connectivity index (χ1n) is 9.58. The molecule has 0 saturated carbocycles. The summed E-state index contributed by atoms with van der Waals surface area (Å²) in [5, 5.41) is 10.0. The van der Waals surface area contributed by atoms with Gasteiger partial charge in [-0.15, -0.1) is 0 Å². The quantitative estimate of drug-likeness (QED) is 0.443. The van der Waals surface area contributed by atoms with E-state index in [-0.39, 0.29) is 12.6 Å². The van der Waals surface area contributed by atoms with Gasteiger partial charge in [-0.2, -0.15) is 0 Å². The number of rotatable bonds is 9. The van der Waals surface area contributed by atoms with Crippen LogP contribution in [0.25, 0.3) is 0 Å². The Morgan fingerprint density at radius 1 is 0.724 bits per heavy atom. The Bertz CT molecular complexity index is 843. The number of aliphatic hydroxyl groups excluding tert-OH is 1. The van der Waals surface area contributed by atoms with Crippen molar-refractivity contribution in [3.63, 3.8) is 0 Å². The summed E-state index contributed by atoms with van der Waals surface area (Å²) in [5.74, 6) is 1.88. The van der Waals surface area contributed by atoms with Crippen LogP contribution in [0.3, 0.4) is 0 Å². The molecule has 0 bridgehead atoms. The van der Waals surface area contributed by atoms with E-state index in [9.17, 15) is 5.11 Å². The van der Waals surface area contributed by atoms with Crippen LogP contribution in [-0.4, -0.2) is 44.7 Å². The summed E-state index contributed by atoms with van der Waals surface area (Å²) in [5.41, 5.74) is 0.890. The molecule has 29 heavy (non-hydrogen) atoms. The predicted molar refractivity (Wildman–Crippen MR) is 115 cm³/mol. The van der Waals surface area contributed by atoms with E-state index in [2.05, 4.69) is 0 Å². The Balaban J connectivity index is 1.89. The van der Waals surface area contributed by atoms with Crippen molar-refractivity contribution >= 4 is 7.32 Å². The van der Waals surface area contributed by atoms with E-state index in [0.717, 1.165) is 5.56 Å². The van der Waals surface area contributed by atoms with Gasteiger partial charge in [-0.1, -0.05) is 48.5 Å². The molecule has 0 aliphatic carbocycles. The third-order valence-corrected chi connectivity index (χ3v) is 4.56. The van der Waals surface area contributed by atoms with Crippen LogP contribution in [0.1, 0.15) is 11.6 Å². The molecule has 6 heteroatoms. The van der Waals surface area contributed by atoms with Crippen molar-refractivity contribution in [3.8, 4) is 17.2 Å². The van der Waals surface area contributed by atoms with Gasteiger partial charge < -0.3 is 23.6 Å². The molecule has 0 heterocycles. The molecule has 1 N–H and O–H groups in total. The minimum absolute atomic E-state index is 0.00632. The lowest BCUT2D eigenvalue weighted by atomic mass is 10.0. The monoisotopic (exact) mass is 392 g/mol. The summed E-state index contributed by atoms with van der Waals surface area (Å²) < 4.78 is 18.7. The van der Waals surface area contributed by atoms with E-state index in [4.69, 9.17) is 14.0 Å². The number of likely N-dealkylation sites (N-methyl/N-ethyl adjacent to an activating group) is 1. The zero-order valence-electron chi connectivity index (χ0n) is 17.1. The van der Waals surface area contributed by atoms with E-state index in [1.807, 2.05) is 106 Å². The molecule has 0 aromatic heterocycles. The fraction of sp³-hybridized carbons (Fsp3) is 0.217. The van der Waals surface area contributed by atoms with E-state index in [0.29, 0.717) is 21.7 Å². The van der Waals surface area contributed by atoms with E-state index in [1.54, 1.807) is 0 Å². The first kappa shape index (κ1) is 20.8. The van der Waals surface area contributed by atoms with Crippen LogP contribution in [0.15, 0.2) is 84.9 Å². The molecule has 0 unspecified atom stereocenters. The molecule has 3 rings (SSSR count). The van der Waals surface area contributed by atoms with Crippen LogP contribution in [0.5, 0.6) is 17.2 Å². The standard InChI is InChI=1S/C23H27BNO4/c1-25(2,3)22(18-26)21-16-10-11-17-23(21)29-24(27-19-12-6-4-7-13-19)28-20-14-8-5-9-15-20/h4-17,22,26H,18H2,1-3H3/q+1/t22-/m0/s1. The second kappa shape index (κ2) is 9.50. The maximum absolute atomic E-state index is 10.0. The van der Waals surface area contributed by atoms with E-state index >= 15 is 0 Å². The summed E-state index contributed by atoms with van der Waals surface area (Å²) in [6, 6.07) is 26.3. The van der Waals surface area contributed by atoms with Crippen LogP contribution >= 0.6 is 0 Å². The number of quaternary nitrogens is 1. The first-order valence-corrected chi connectivity index (χ1v) is 9.58. The molecule has 0 fully saturated rings. The smallest absolute Gasteiger partial charge is 0.490 e. The third kappa shape index (κ3) is 5.76. The second-order valence-electron chi connectivity index (χ2n) is 7.62. The van der Waals surface area contributed by atoms with E-state index < -0.39 is 7.32 Å². The average Bonchev–Trinajstić information content (AvgIpc) is 2.70. The summed E-state index contributed by atoms with van der Waals surface area (Å²) >= 11 is 0. The minimum Gasteiger partial charge on any atom is -0.490 e. The van der Waals surface area contributed by atoms with Crippen molar-refractivity contribution in [3.05, 3.63) is 90.5 Å². The highest BCUT2D eigenvalue weighted by atomic mass is 16.7. The van der Waals surface area contributed by atoms with Crippen molar-refractivity contribution in [1.29, 1.82) is 0 Å². The molecule has 0 aliphatic rings. The lowest BCUT2D eigenvalue weighted by Crippen LogP contribution is -2.42. The Morgan fingerprint density at radius 3 is 1.69 bits per heavy atom. The van der Waals surface area contributed by atoms with Crippen molar-refractivity contribution in [1.82, 2.24) is 0 Å². The van der Waals surface area contributed by atoms with Crippen molar-refractivity contribution in [2.75, 3.05) is 27.7 Å². The molecule has 0 saturated heterocycles. The number of hydrogen-bond donors (Lipinski definition) is 1.